The van der Waals surface area contributed by atoms with Crippen molar-refractivity contribution in [3.05, 3.63) is 74.8 Å². The van der Waals surface area contributed by atoms with Crippen LogP contribution in [0.3, 0.4) is 0 Å². The average molecular weight is 725 g/mol. The zero-order valence-corrected chi connectivity index (χ0v) is 28.0. The predicted octanol–water partition coefficient (Wildman–Crippen LogP) is 1.25. The number of carbonyl (C=O) groups is 3. The lowest BCUT2D eigenvalue weighted by atomic mass is 10.0. The fraction of sp³-hybridized carbons (Fsp3) is 0.545. The van der Waals surface area contributed by atoms with Gasteiger partial charge in [-0.3, -0.25) is 28.7 Å². The van der Waals surface area contributed by atoms with Crippen molar-refractivity contribution in [1.29, 1.82) is 0 Å². The Bertz CT molecular complexity index is 1680. The second-order valence-electron chi connectivity index (χ2n) is 12.1. The molecule has 51 heavy (non-hydrogen) atoms. The Balaban J connectivity index is 1.54. The van der Waals surface area contributed by atoms with E-state index in [0.717, 1.165) is 73.6 Å². The molecule has 4 rings (SSSR count). The number of nitrogens with one attached hydrogen (secondary N) is 2. The number of aliphatic hydroxyl groups excluding tert-OH is 2. The van der Waals surface area contributed by atoms with Crippen LogP contribution in [0.15, 0.2) is 51.9 Å². The summed E-state index contributed by atoms with van der Waals surface area (Å²) in [4.78, 5) is 65.4. The highest BCUT2D eigenvalue weighted by Crippen LogP contribution is 2.36. The van der Waals surface area contributed by atoms with E-state index >= 15 is 0 Å². The van der Waals surface area contributed by atoms with Crippen LogP contribution in [0.4, 0.5) is 14.5 Å². The van der Waals surface area contributed by atoms with E-state index in [1.54, 1.807) is 0 Å². The van der Waals surface area contributed by atoms with Gasteiger partial charge in [-0.25, -0.2) is 13.6 Å². The van der Waals surface area contributed by atoms with Gasteiger partial charge in [-0.2, -0.15) is 0 Å². The number of benzene rings is 1. The second-order valence-corrected chi connectivity index (χ2v) is 12.1. The van der Waals surface area contributed by atoms with Crippen molar-refractivity contribution in [2.24, 2.45) is 5.73 Å². The number of anilines is 1. The molecule has 0 saturated carbocycles. The van der Waals surface area contributed by atoms with E-state index in [9.17, 15) is 43.0 Å². The van der Waals surface area contributed by atoms with Crippen molar-refractivity contribution in [2.45, 2.75) is 107 Å². The zero-order valence-electron chi connectivity index (χ0n) is 28.0. The summed E-state index contributed by atoms with van der Waals surface area (Å²) in [6, 6.07) is 3.55. The number of rotatable bonds is 17. The fourth-order valence-electron chi connectivity index (χ4n) is 5.69. The maximum Gasteiger partial charge on any atom is 0.330 e. The number of halogens is 2. The van der Waals surface area contributed by atoms with Crippen LogP contribution in [-0.2, 0) is 38.1 Å². The summed E-state index contributed by atoms with van der Waals surface area (Å²) >= 11 is 0. The number of hydrogen-bond donors (Lipinski definition) is 5. The van der Waals surface area contributed by atoms with Gasteiger partial charge in [-0.05, 0) is 24.6 Å². The van der Waals surface area contributed by atoms with Gasteiger partial charge in [0.15, 0.2) is 35.8 Å². The first-order valence-electron chi connectivity index (χ1n) is 16.5. The van der Waals surface area contributed by atoms with Crippen molar-refractivity contribution in [3.8, 4) is 0 Å². The van der Waals surface area contributed by atoms with Crippen LogP contribution in [0.2, 0.25) is 0 Å². The fourth-order valence-corrected chi connectivity index (χ4v) is 5.69. The third kappa shape index (κ3) is 10.1. The Kier molecular flexibility index (Phi) is 14.0. The molecule has 6 N–H and O–H groups in total. The van der Waals surface area contributed by atoms with Crippen LogP contribution < -0.4 is 22.3 Å². The Morgan fingerprint density at radius 3 is 2.39 bits per heavy atom. The molecular formula is C33H42F2N4O12. The summed E-state index contributed by atoms with van der Waals surface area (Å²) in [7, 11) is 1.20. The molecule has 0 bridgehead atoms. The number of nitrogens with zero attached hydrogens (tertiary/aromatic N) is 1. The minimum atomic E-state index is -1.96. The zero-order chi connectivity index (χ0) is 37.2. The topological polar surface area (TPSA) is 231 Å². The van der Waals surface area contributed by atoms with Crippen LogP contribution in [-0.4, -0.2) is 87.6 Å². The van der Waals surface area contributed by atoms with Crippen molar-refractivity contribution in [3.63, 3.8) is 0 Å². The lowest BCUT2D eigenvalue weighted by Crippen LogP contribution is -2.54. The number of aromatic amines is 1. The third-order valence-corrected chi connectivity index (χ3v) is 8.33. The third-order valence-electron chi connectivity index (χ3n) is 8.33. The van der Waals surface area contributed by atoms with Gasteiger partial charge in [-0.1, -0.05) is 45.4 Å². The summed E-state index contributed by atoms with van der Waals surface area (Å²) in [5.41, 5.74) is 3.84. The number of primary amides is 1. The van der Waals surface area contributed by atoms with Gasteiger partial charge >= 0.3 is 11.7 Å². The highest BCUT2D eigenvalue weighted by atomic mass is 19.2. The number of H-pyrrole nitrogens is 1. The molecule has 3 heterocycles. The molecule has 280 valence electrons. The summed E-state index contributed by atoms with van der Waals surface area (Å²) in [6.45, 7) is 2.11. The van der Waals surface area contributed by atoms with Gasteiger partial charge in [0.05, 0.1) is 0 Å². The monoisotopic (exact) mass is 724 g/mol. The molecule has 1 aromatic heterocycles. The van der Waals surface area contributed by atoms with Crippen molar-refractivity contribution in [1.82, 2.24) is 9.55 Å². The molecule has 0 unspecified atom stereocenters. The molecule has 1 aromatic carbocycles. The number of aromatic nitrogens is 2. The van der Waals surface area contributed by atoms with Crippen molar-refractivity contribution < 1.29 is 57.1 Å². The molecule has 2 aliphatic rings. The van der Waals surface area contributed by atoms with Gasteiger partial charge in [0.25, 0.3) is 11.5 Å². The number of carbonyl (C=O) groups excluding carboxylic acids is 3. The molecule has 1 saturated heterocycles. The summed E-state index contributed by atoms with van der Waals surface area (Å²) < 4.78 is 56.4. The Hall–Kier alpha value is -4.49. The van der Waals surface area contributed by atoms with Crippen LogP contribution in [0, 0.1) is 11.6 Å². The second kappa shape index (κ2) is 18.1. The lowest BCUT2D eigenvalue weighted by molar-refractivity contribution is -0.241. The number of methoxy groups -OCH3 is 1. The first kappa shape index (κ1) is 39.3. The van der Waals surface area contributed by atoms with Crippen LogP contribution in [0.5, 0.6) is 0 Å². The molecule has 2 amide bonds. The number of ether oxygens (including phenoxy) is 5. The molecule has 8 atom stereocenters. The number of amides is 2. The van der Waals surface area contributed by atoms with Crippen LogP contribution in [0.1, 0.15) is 64.5 Å². The number of esters is 1. The molecule has 18 heteroatoms. The molecule has 2 aliphatic heterocycles. The van der Waals surface area contributed by atoms with Crippen molar-refractivity contribution >= 4 is 23.5 Å². The SMILES string of the molecule is CCCCCCCCCC(=O)O[C@@H]1[C@H](OC)[C@@H]([C@@H](O[C@H]2OC(C(=O)Nc3ccc(F)c(F)c3)=C[C@H](O)[C@@H]2O)C(N)=O)O[C@H]1n1ccc(=O)[nH]c1=O. The first-order chi connectivity index (χ1) is 24.3. The van der Waals surface area contributed by atoms with Gasteiger partial charge in [-0.15, -0.1) is 0 Å². The number of hydrogen-bond acceptors (Lipinski definition) is 12. The first-order valence-corrected chi connectivity index (χ1v) is 16.5. The molecule has 0 spiro atoms. The average Bonchev–Trinajstić information content (AvgIpc) is 3.43. The maximum absolute atomic E-state index is 13.7. The lowest BCUT2D eigenvalue weighted by Gasteiger charge is -2.35. The summed E-state index contributed by atoms with van der Waals surface area (Å²) in [5.74, 6) is -5.97. The van der Waals surface area contributed by atoms with E-state index in [2.05, 4.69) is 17.2 Å². The van der Waals surface area contributed by atoms with Crippen LogP contribution >= 0.6 is 0 Å². The molecular weight excluding hydrogens is 682 g/mol. The summed E-state index contributed by atoms with van der Waals surface area (Å²) in [6.07, 6.45) is -4.80. The van der Waals surface area contributed by atoms with Gasteiger partial charge in [0.2, 0.25) is 12.2 Å². The van der Waals surface area contributed by atoms with Crippen LogP contribution in [0.25, 0.3) is 0 Å². The van der Waals surface area contributed by atoms with Gasteiger partial charge in [0.1, 0.15) is 24.4 Å². The quantitative estimate of drug-likeness (QED) is 0.115. The predicted molar refractivity (Wildman–Crippen MR) is 173 cm³/mol. The number of aliphatic hydroxyl groups is 2. The minimum Gasteiger partial charge on any atom is -0.456 e. The number of nitrogens with two attached hydrogens (primary N) is 1. The Labute approximate surface area is 290 Å². The van der Waals surface area contributed by atoms with E-state index in [0.29, 0.717) is 12.5 Å². The van der Waals surface area contributed by atoms with E-state index < -0.39 is 95.6 Å². The highest BCUT2D eigenvalue weighted by Gasteiger charge is 2.54. The largest absolute Gasteiger partial charge is 0.456 e. The Morgan fingerprint density at radius 2 is 1.75 bits per heavy atom. The number of unbranched alkanes of at least 4 members (excludes halogenated alkanes) is 6. The standard InChI is InChI=1S/C33H42F2N4O12/c1-3-4-5-6-7-8-9-10-23(42)49-28-25(47-2)26(50-31(28)39-14-13-22(41)38-33(39)46)27(29(36)44)51-32-24(43)20(40)16-21(48-32)30(45)37-17-11-12-18(34)19(35)15-17/h11-16,20,24-28,31-32,40,43H,3-10H2,1-2H3,(H2,36,44)(H,37,45)(H,38,41,46)/t20-,24-,25+,26-,27+,28+,31+,32+/m0/s1. The smallest absolute Gasteiger partial charge is 0.330 e. The Morgan fingerprint density at radius 1 is 1.04 bits per heavy atom. The van der Waals surface area contributed by atoms with Gasteiger partial charge < -0.3 is 44.9 Å². The highest BCUT2D eigenvalue weighted by molar-refractivity contribution is 6.02. The minimum absolute atomic E-state index is 0.0239. The maximum atomic E-state index is 13.7. The molecule has 2 aromatic rings. The molecule has 1 fully saturated rings. The van der Waals surface area contributed by atoms with Crippen molar-refractivity contribution in [2.75, 3.05) is 12.4 Å². The van der Waals surface area contributed by atoms with E-state index in [4.69, 9.17) is 29.4 Å². The van der Waals surface area contributed by atoms with Gasteiger partial charge in [0, 0.05) is 37.5 Å². The molecule has 0 radical (unpaired) electrons. The molecule has 0 aliphatic carbocycles. The summed E-state index contributed by atoms with van der Waals surface area (Å²) in [5, 5.41) is 23.4. The normalized spacial score (nSPS) is 25.1. The molecule has 16 nitrogen and oxygen atoms in total. The van der Waals surface area contributed by atoms with E-state index in [1.165, 1.54) is 7.11 Å². The van der Waals surface area contributed by atoms with E-state index in [1.807, 2.05) is 0 Å². The van der Waals surface area contributed by atoms with E-state index in [-0.39, 0.29) is 12.1 Å².